The normalized spacial score (nSPS) is 14.5. The van der Waals surface area contributed by atoms with Gasteiger partial charge in [0.05, 0.1) is 11.1 Å². The molecule has 1 N–H and O–H groups in total. The molecule has 1 aliphatic rings. The number of hydrogen-bond donors (Lipinski definition) is 1. The Kier molecular flexibility index (Phi) is 4.71. The summed E-state index contributed by atoms with van der Waals surface area (Å²) in [5, 5.41) is 5.34. The van der Waals surface area contributed by atoms with Crippen LogP contribution in [0.5, 0.6) is 0 Å². The zero-order valence-electron chi connectivity index (χ0n) is 18.0. The van der Waals surface area contributed by atoms with E-state index in [1.807, 2.05) is 78.7 Å². The van der Waals surface area contributed by atoms with E-state index in [2.05, 4.69) is 10.3 Å². The van der Waals surface area contributed by atoms with E-state index in [1.165, 1.54) is 11.3 Å². The van der Waals surface area contributed by atoms with Crippen LogP contribution in [0.15, 0.2) is 72.4 Å². The molecule has 0 radical (unpaired) electrons. The van der Waals surface area contributed by atoms with E-state index in [4.69, 9.17) is 0 Å². The number of nitrogens with one attached hydrogen (secondary N) is 1. The van der Waals surface area contributed by atoms with Crippen molar-refractivity contribution in [3.8, 4) is 16.9 Å². The van der Waals surface area contributed by atoms with Crippen LogP contribution in [0.1, 0.15) is 29.8 Å². The summed E-state index contributed by atoms with van der Waals surface area (Å²) >= 11 is 1.38. The van der Waals surface area contributed by atoms with Crippen molar-refractivity contribution >= 4 is 34.0 Å². The Morgan fingerprint density at radius 2 is 1.78 bits per heavy atom. The van der Waals surface area contributed by atoms with E-state index in [0.717, 1.165) is 28.2 Å². The topological polar surface area (TPSA) is 67.2 Å². The van der Waals surface area contributed by atoms with Crippen LogP contribution in [0, 0.1) is 0 Å². The first-order valence-corrected chi connectivity index (χ1v) is 11.2. The summed E-state index contributed by atoms with van der Waals surface area (Å²) in [5.74, 6) is -0.120. The third-order valence-corrected chi connectivity index (χ3v) is 6.68. The molecule has 0 spiro atoms. The molecule has 2 amide bonds. The molecule has 6 nitrogen and oxygen atoms in total. The van der Waals surface area contributed by atoms with Gasteiger partial charge < -0.3 is 9.47 Å². The molecule has 5 rings (SSSR count). The average Bonchev–Trinajstić information content (AvgIpc) is 3.53. The first-order chi connectivity index (χ1) is 15.3. The Morgan fingerprint density at radius 3 is 2.50 bits per heavy atom. The van der Waals surface area contributed by atoms with Crippen molar-refractivity contribution in [3.05, 3.63) is 83.5 Å². The fraction of sp³-hybridized carbons (Fsp3) is 0.160. The van der Waals surface area contributed by atoms with Crippen molar-refractivity contribution in [2.24, 2.45) is 0 Å². The molecule has 4 aromatic rings. The van der Waals surface area contributed by atoms with Crippen molar-refractivity contribution in [1.82, 2.24) is 9.55 Å². The highest BCUT2D eigenvalue weighted by Gasteiger charge is 2.42. The molecular formula is C25H22N4O2S. The predicted octanol–water partition coefficient (Wildman–Crippen LogP) is 5.11. The molecule has 0 saturated heterocycles. The highest BCUT2D eigenvalue weighted by Crippen LogP contribution is 2.42. The van der Waals surface area contributed by atoms with Gasteiger partial charge in [0.25, 0.3) is 5.91 Å². The first kappa shape index (κ1) is 20.2. The number of benzene rings is 2. The van der Waals surface area contributed by atoms with Crippen LogP contribution in [0.3, 0.4) is 0 Å². The smallest absolute Gasteiger partial charge is 0.257 e. The molecule has 2 aromatic heterocycles. The number of likely N-dealkylation sites (N-methyl/N-ethyl adjacent to an activating group) is 1. The Morgan fingerprint density at radius 1 is 1.06 bits per heavy atom. The third-order valence-electron chi connectivity index (χ3n) is 5.92. The van der Waals surface area contributed by atoms with Crippen LogP contribution >= 0.6 is 11.3 Å². The second kappa shape index (κ2) is 7.46. The SMILES string of the molecule is CN1C(=O)C(C)(C)c2cc(-c3csc(NC(=O)c4ccc(-n5cccc5)cc4)n3)ccc21. The molecule has 160 valence electrons. The number of thiazole rings is 1. The molecule has 0 atom stereocenters. The van der Waals surface area contributed by atoms with E-state index in [1.54, 1.807) is 24.1 Å². The first-order valence-electron chi connectivity index (χ1n) is 10.3. The maximum absolute atomic E-state index is 12.7. The van der Waals surface area contributed by atoms with Gasteiger partial charge in [-0.25, -0.2) is 4.98 Å². The molecular weight excluding hydrogens is 420 g/mol. The fourth-order valence-corrected chi connectivity index (χ4v) is 4.77. The van der Waals surface area contributed by atoms with Gasteiger partial charge in [0.2, 0.25) is 5.91 Å². The largest absolute Gasteiger partial charge is 0.324 e. The lowest BCUT2D eigenvalue weighted by atomic mass is 9.85. The van der Waals surface area contributed by atoms with E-state index < -0.39 is 5.41 Å². The number of amides is 2. The van der Waals surface area contributed by atoms with Gasteiger partial charge in [-0.3, -0.25) is 14.9 Å². The zero-order chi connectivity index (χ0) is 22.5. The van der Waals surface area contributed by atoms with Crippen molar-refractivity contribution < 1.29 is 9.59 Å². The number of aromatic nitrogens is 2. The monoisotopic (exact) mass is 442 g/mol. The second-order valence-electron chi connectivity index (χ2n) is 8.35. The standard InChI is InChI=1S/C25H22N4O2S/c1-25(2)19-14-17(8-11-21(19)28(3)23(25)31)20-15-32-24(26-20)27-22(30)16-6-9-18(10-7-16)29-12-4-5-13-29/h4-15H,1-3H3,(H,26,27,30). The molecule has 0 unspecified atom stereocenters. The summed E-state index contributed by atoms with van der Waals surface area (Å²) in [7, 11) is 1.80. The summed E-state index contributed by atoms with van der Waals surface area (Å²) in [6.45, 7) is 3.88. The highest BCUT2D eigenvalue weighted by atomic mass is 32.1. The minimum Gasteiger partial charge on any atom is -0.324 e. The van der Waals surface area contributed by atoms with Gasteiger partial charge in [-0.15, -0.1) is 11.3 Å². The maximum atomic E-state index is 12.7. The zero-order valence-corrected chi connectivity index (χ0v) is 18.8. The predicted molar refractivity (Wildman–Crippen MR) is 128 cm³/mol. The number of carbonyl (C=O) groups excluding carboxylic acids is 2. The Balaban J connectivity index is 1.34. The lowest BCUT2D eigenvalue weighted by Crippen LogP contribution is -2.33. The van der Waals surface area contributed by atoms with Crippen molar-refractivity contribution in [2.75, 3.05) is 17.3 Å². The van der Waals surface area contributed by atoms with Gasteiger partial charge in [-0.05, 0) is 67.9 Å². The van der Waals surface area contributed by atoms with Crippen LogP contribution in [0.4, 0.5) is 10.8 Å². The minimum absolute atomic E-state index is 0.0821. The number of nitrogens with zero attached hydrogens (tertiary/aromatic N) is 3. The number of rotatable bonds is 4. The van der Waals surface area contributed by atoms with Crippen LogP contribution in [-0.4, -0.2) is 28.4 Å². The molecule has 0 bridgehead atoms. The summed E-state index contributed by atoms with van der Waals surface area (Å²) < 4.78 is 1.98. The van der Waals surface area contributed by atoms with Gasteiger partial charge in [0.1, 0.15) is 0 Å². The molecule has 2 aromatic carbocycles. The van der Waals surface area contributed by atoms with Crippen LogP contribution in [0.25, 0.3) is 16.9 Å². The van der Waals surface area contributed by atoms with E-state index >= 15 is 0 Å². The van der Waals surface area contributed by atoms with Gasteiger partial charge >= 0.3 is 0 Å². The molecule has 7 heteroatoms. The quantitative estimate of drug-likeness (QED) is 0.478. The van der Waals surface area contributed by atoms with Crippen molar-refractivity contribution in [3.63, 3.8) is 0 Å². The molecule has 1 aliphatic heterocycles. The third kappa shape index (κ3) is 3.31. The van der Waals surface area contributed by atoms with Gasteiger partial charge in [0.15, 0.2) is 5.13 Å². The van der Waals surface area contributed by atoms with E-state index in [-0.39, 0.29) is 11.8 Å². The van der Waals surface area contributed by atoms with Gasteiger partial charge in [-0.1, -0.05) is 6.07 Å². The van der Waals surface area contributed by atoms with E-state index in [9.17, 15) is 9.59 Å². The summed E-state index contributed by atoms with van der Waals surface area (Å²) in [6, 6.07) is 17.3. The van der Waals surface area contributed by atoms with Crippen molar-refractivity contribution in [2.45, 2.75) is 19.3 Å². The lowest BCUT2D eigenvalue weighted by Gasteiger charge is -2.16. The molecule has 0 saturated carbocycles. The summed E-state index contributed by atoms with van der Waals surface area (Å²) in [5.41, 5.74) is 4.60. The van der Waals surface area contributed by atoms with Gasteiger partial charge in [-0.2, -0.15) is 0 Å². The summed E-state index contributed by atoms with van der Waals surface area (Å²) in [6.07, 6.45) is 3.92. The highest BCUT2D eigenvalue weighted by molar-refractivity contribution is 7.14. The number of fused-ring (bicyclic) bond motifs is 1. The van der Waals surface area contributed by atoms with Crippen LogP contribution in [0.2, 0.25) is 0 Å². The lowest BCUT2D eigenvalue weighted by molar-refractivity contribution is -0.121. The Hall–Kier alpha value is -3.71. The van der Waals surface area contributed by atoms with Crippen LogP contribution in [-0.2, 0) is 10.2 Å². The number of anilines is 2. The minimum atomic E-state index is -0.569. The van der Waals surface area contributed by atoms with Crippen molar-refractivity contribution in [1.29, 1.82) is 0 Å². The van der Waals surface area contributed by atoms with Gasteiger partial charge in [0, 0.05) is 47.3 Å². The van der Waals surface area contributed by atoms with Crippen LogP contribution < -0.4 is 10.2 Å². The second-order valence-corrected chi connectivity index (χ2v) is 9.21. The molecule has 32 heavy (non-hydrogen) atoms. The maximum Gasteiger partial charge on any atom is 0.257 e. The Bertz CT molecular complexity index is 1320. The van der Waals surface area contributed by atoms with E-state index in [0.29, 0.717) is 10.7 Å². The molecule has 3 heterocycles. The Labute approximate surface area is 190 Å². The molecule has 0 fully saturated rings. The molecule has 0 aliphatic carbocycles. The number of carbonyl (C=O) groups is 2. The fourth-order valence-electron chi connectivity index (χ4n) is 4.06. The number of hydrogen-bond acceptors (Lipinski definition) is 4. The average molecular weight is 443 g/mol. The summed E-state index contributed by atoms with van der Waals surface area (Å²) in [4.78, 5) is 31.5.